The summed E-state index contributed by atoms with van der Waals surface area (Å²) in [4.78, 5) is 28.0. The fourth-order valence-corrected chi connectivity index (χ4v) is 2.27. The lowest BCUT2D eigenvalue weighted by molar-refractivity contribution is -0.155. The maximum Gasteiger partial charge on any atom is 0.329 e. The molecule has 6 heteroatoms. The van der Waals surface area contributed by atoms with Crippen LogP contribution in [0.5, 0.6) is 5.75 Å². The number of hydrogen-bond donors (Lipinski definition) is 2. The second-order valence-corrected chi connectivity index (χ2v) is 5.69. The van der Waals surface area contributed by atoms with Gasteiger partial charge in [0.1, 0.15) is 11.3 Å². The zero-order valence-electron chi connectivity index (χ0n) is 13.1. The molecular formula is C16H20N2O4. The Kier molecular flexibility index (Phi) is 4.12. The van der Waals surface area contributed by atoms with Crippen LogP contribution in [0.1, 0.15) is 19.4 Å². The molecule has 0 aliphatic heterocycles. The lowest BCUT2D eigenvalue weighted by Gasteiger charge is -2.31. The lowest BCUT2D eigenvalue weighted by Crippen LogP contribution is -2.51. The van der Waals surface area contributed by atoms with E-state index >= 15 is 0 Å². The average molecular weight is 304 g/mol. The molecule has 1 amide bonds. The molecule has 0 radical (unpaired) electrons. The number of aromatic nitrogens is 1. The number of fused-ring (bicyclic) bond motifs is 1. The van der Waals surface area contributed by atoms with Crippen LogP contribution in [0.15, 0.2) is 24.4 Å². The third-order valence-electron chi connectivity index (χ3n) is 4.05. The zero-order chi connectivity index (χ0) is 16.5. The molecule has 22 heavy (non-hydrogen) atoms. The van der Waals surface area contributed by atoms with Gasteiger partial charge in [-0.2, -0.15) is 0 Å². The molecule has 0 spiro atoms. The fraction of sp³-hybridized carbons (Fsp3) is 0.375. The van der Waals surface area contributed by atoms with E-state index in [0.717, 1.165) is 16.5 Å². The molecule has 0 bridgehead atoms. The summed E-state index contributed by atoms with van der Waals surface area (Å²) in [7, 11) is 3.08. The highest BCUT2D eigenvalue weighted by Crippen LogP contribution is 2.29. The van der Waals surface area contributed by atoms with Crippen LogP contribution in [-0.4, -0.2) is 46.6 Å². The van der Waals surface area contributed by atoms with Crippen LogP contribution in [0.2, 0.25) is 0 Å². The van der Waals surface area contributed by atoms with Crippen molar-refractivity contribution in [3.8, 4) is 5.75 Å². The van der Waals surface area contributed by atoms with E-state index in [9.17, 15) is 14.7 Å². The molecule has 0 aliphatic carbocycles. The summed E-state index contributed by atoms with van der Waals surface area (Å²) in [5.41, 5.74) is 0.403. The van der Waals surface area contributed by atoms with Crippen LogP contribution in [0.25, 0.3) is 10.9 Å². The van der Waals surface area contributed by atoms with E-state index in [4.69, 9.17) is 4.74 Å². The maximum atomic E-state index is 12.4. The molecule has 2 N–H and O–H groups in total. The van der Waals surface area contributed by atoms with Gasteiger partial charge in [-0.25, -0.2) is 4.79 Å². The standard InChI is InChI=1S/C16H20N2O4/c1-16(2,15(20)21)18(3)13(19)8-10-9-17-11-6-5-7-12(22-4)14(10)11/h5-7,9,17H,8H2,1-4H3,(H,20,21). The highest BCUT2D eigenvalue weighted by Gasteiger charge is 2.35. The normalized spacial score (nSPS) is 11.5. The fourth-order valence-electron chi connectivity index (χ4n) is 2.27. The van der Waals surface area contributed by atoms with Gasteiger partial charge in [-0.3, -0.25) is 4.79 Å². The van der Waals surface area contributed by atoms with Crippen LogP contribution in [0, 0.1) is 0 Å². The predicted molar refractivity (Wildman–Crippen MR) is 83.0 cm³/mol. The van der Waals surface area contributed by atoms with E-state index in [-0.39, 0.29) is 12.3 Å². The number of rotatable bonds is 5. The van der Waals surface area contributed by atoms with E-state index < -0.39 is 11.5 Å². The molecule has 6 nitrogen and oxygen atoms in total. The molecule has 2 aromatic rings. The summed E-state index contributed by atoms with van der Waals surface area (Å²) in [6.45, 7) is 3.01. The Balaban J connectivity index is 2.32. The van der Waals surface area contributed by atoms with Crippen molar-refractivity contribution in [3.63, 3.8) is 0 Å². The van der Waals surface area contributed by atoms with Crippen molar-refractivity contribution < 1.29 is 19.4 Å². The number of aromatic amines is 1. The number of hydrogen-bond acceptors (Lipinski definition) is 3. The number of aliphatic carboxylic acids is 1. The Morgan fingerprint density at radius 2 is 2.05 bits per heavy atom. The number of nitrogens with one attached hydrogen (secondary N) is 1. The Morgan fingerprint density at radius 1 is 1.36 bits per heavy atom. The number of amides is 1. The molecule has 0 fully saturated rings. The summed E-state index contributed by atoms with van der Waals surface area (Å²) in [6, 6.07) is 5.59. The van der Waals surface area contributed by atoms with Crippen molar-refractivity contribution in [2.24, 2.45) is 0 Å². The zero-order valence-corrected chi connectivity index (χ0v) is 13.1. The molecule has 1 heterocycles. The number of carbonyl (C=O) groups excluding carboxylic acids is 1. The van der Waals surface area contributed by atoms with Gasteiger partial charge in [-0.15, -0.1) is 0 Å². The molecule has 0 unspecified atom stereocenters. The first-order valence-electron chi connectivity index (χ1n) is 6.92. The van der Waals surface area contributed by atoms with Crippen molar-refractivity contribution in [3.05, 3.63) is 30.0 Å². The predicted octanol–water partition coefficient (Wildman–Crippen LogP) is 2.04. The quantitative estimate of drug-likeness (QED) is 0.885. The van der Waals surface area contributed by atoms with Crippen molar-refractivity contribution in [2.45, 2.75) is 25.8 Å². The number of benzene rings is 1. The van der Waals surface area contributed by atoms with Gasteiger partial charge in [0.25, 0.3) is 0 Å². The van der Waals surface area contributed by atoms with Crippen molar-refractivity contribution >= 4 is 22.8 Å². The van der Waals surface area contributed by atoms with Gasteiger partial charge in [0.15, 0.2) is 0 Å². The molecule has 118 valence electrons. The molecule has 0 atom stereocenters. The highest BCUT2D eigenvalue weighted by molar-refractivity contribution is 5.94. The summed E-state index contributed by atoms with van der Waals surface area (Å²) in [5.74, 6) is -0.624. The molecule has 2 rings (SSSR count). The second-order valence-electron chi connectivity index (χ2n) is 5.69. The van der Waals surface area contributed by atoms with Gasteiger partial charge in [0, 0.05) is 24.1 Å². The van der Waals surface area contributed by atoms with E-state index in [1.807, 2.05) is 18.2 Å². The van der Waals surface area contributed by atoms with Crippen molar-refractivity contribution in [1.29, 1.82) is 0 Å². The minimum Gasteiger partial charge on any atom is -0.496 e. The minimum absolute atomic E-state index is 0.105. The Morgan fingerprint density at radius 3 is 2.64 bits per heavy atom. The van der Waals surface area contributed by atoms with Crippen LogP contribution in [0.4, 0.5) is 0 Å². The summed E-state index contributed by atoms with van der Waals surface area (Å²) < 4.78 is 5.33. The van der Waals surface area contributed by atoms with Crippen LogP contribution < -0.4 is 4.74 Å². The first kappa shape index (κ1) is 15.9. The number of carboxylic acid groups (broad SMARTS) is 1. The molecule has 0 saturated carbocycles. The Bertz CT molecular complexity index is 718. The summed E-state index contributed by atoms with van der Waals surface area (Å²) in [6.07, 6.45) is 1.86. The number of carbonyl (C=O) groups is 2. The largest absolute Gasteiger partial charge is 0.496 e. The Labute approximate surface area is 128 Å². The molecular weight excluding hydrogens is 284 g/mol. The highest BCUT2D eigenvalue weighted by atomic mass is 16.5. The number of methoxy groups -OCH3 is 1. The van der Waals surface area contributed by atoms with Gasteiger partial charge >= 0.3 is 5.97 Å². The summed E-state index contributed by atoms with van der Waals surface area (Å²) >= 11 is 0. The van der Waals surface area contributed by atoms with Crippen LogP contribution in [-0.2, 0) is 16.0 Å². The van der Waals surface area contributed by atoms with E-state index in [0.29, 0.717) is 5.75 Å². The first-order chi connectivity index (χ1) is 10.3. The molecule has 0 saturated heterocycles. The van der Waals surface area contributed by atoms with E-state index in [2.05, 4.69) is 4.98 Å². The van der Waals surface area contributed by atoms with Crippen molar-refractivity contribution in [1.82, 2.24) is 9.88 Å². The maximum absolute atomic E-state index is 12.4. The SMILES string of the molecule is COc1cccc2[nH]cc(CC(=O)N(C)C(C)(C)C(=O)O)c12. The third-order valence-corrected chi connectivity index (χ3v) is 4.05. The second kappa shape index (κ2) is 5.71. The number of ether oxygens (including phenoxy) is 1. The minimum atomic E-state index is -1.26. The third kappa shape index (κ3) is 2.64. The number of likely N-dealkylation sites (N-methyl/N-ethyl adjacent to an activating group) is 1. The topological polar surface area (TPSA) is 82.6 Å². The first-order valence-corrected chi connectivity index (χ1v) is 6.92. The van der Waals surface area contributed by atoms with E-state index in [1.54, 1.807) is 13.3 Å². The number of carboxylic acids is 1. The van der Waals surface area contributed by atoms with Gasteiger partial charge in [-0.1, -0.05) is 6.07 Å². The van der Waals surface area contributed by atoms with Gasteiger partial charge in [-0.05, 0) is 31.5 Å². The van der Waals surface area contributed by atoms with Crippen LogP contribution >= 0.6 is 0 Å². The van der Waals surface area contributed by atoms with Gasteiger partial charge < -0.3 is 19.7 Å². The smallest absolute Gasteiger partial charge is 0.329 e. The Hall–Kier alpha value is -2.50. The number of nitrogens with zero attached hydrogens (tertiary/aromatic N) is 1. The average Bonchev–Trinajstić information content (AvgIpc) is 2.89. The lowest BCUT2D eigenvalue weighted by atomic mass is 10.0. The van der Waals surface area contributed by atoms with Crippen molar-refractivity contribution in [2.75, 3.05) is 14.2 Å². The van der Waals surface area contributed by atoms with Gasteiger partial charge in [0.2, 0.25) is 5.91 Å². The molecule has 1 aromatic heterocycles. The van der Waals surface area contributed by atoms with E-state index in [1.165, 1.54) is 25.8 Å². The number of H-pyrrole nitrogens is 1. The van der Waals surface area contributed by atoms with Crippen LogP contribution in [0.3, 0.4) is 0 Å². The monoisotopic (exact) mass is 304 g/mol. The summed E-state index contributed by atoms with van der Waals surface area (Å²) in [5, 5.41) is 10.1. The molecule has 1 aromatic carbocycles. The molecule has 0 aliphatic rings. The van der Waals surface area contributed by atoms with Gasteiger partial charge in [0.05, 0.1) is 13.5 Å².